The first-order valence-electron chi connectivity index (χ1n) is 6.15. The number of carbonyl (C=O) groups is 1. The number of Topliss-reactive ketones (excluding diaryl/α,β-unsaturated/α-hetero) is 1. The summed E-state index contributed by atoms with van der Waals surface area (Å²) in [5, 5.41) is 3.34. The smallest absolute Gasteiger partial charge is 0.164 e. The fourth-order valence-corrected chi connectivity index (χ4v) is 1.72. The monoisotopic (exact) mass is 233 g/mol. The van der Waals surface area contributed by atoms with Crippen molar-refractivity contribution < 1.29 is 4.79 Å². The van der Waals surface area contributed by atoms with Gasteiger partial charge >= 0.3 is 0 Å². The Morgan fingerprint density at radius 2 is 1.88 bits per heavy atom. The normalized spacial score (nSPS) is 11.6. The summed E-state index contributed by atoms with van der Waals surface area (Å²) in [5.74, 6) is 0.225. The van der Waals surface area contributed by atoms with Gasteiger partial charge in [0.2, 0.25) is 0 Å². The van der Waals surface area contributed by atoms with E-state index in [-0.39, 0.29) is 11.3 Å². The van der Waals surface area contributed by atoms with Crippen molar-refractivity contribution in [2.45, 2.75) is 46.6 Å². The molecule has 0 aliphatic carbocycles. The SMILES string of the molecule is Cc1ccc(C)c(C(=O)CCNC(C)(C)C)c1. The minimum atomic E-state index is 0.0714. The molecule has 1 aromatic rings. The van der Waals surface area contributed by atoms with Gasteiger partial charge in [0.05, 0.1) is 0 Å². The highest BCUT2D eigenvalue weighted by molar-refractivity contribution is 5.97. The molecule has 0 saturated heterocycles. The maximum Gasteiger partial charge on any atom is 0.164 e. The summed E-state index contributed by atoms with van der Waals surface area (Å²) in [7, 11) is 0. The third kappa shape index (κ3) is 4.70. The van der Waals surface area contributed by atoms with Gasteiger partial charge in [-0.25, -0.2) is 0 Å². The van der Waals surface area contributed by atoms with Gasteiger partial charge in [-0.3, -0.25) is 4.79 Å². The fraction of sp³-hybridized carbons (Fsp3) is 0.533. The quantitative estimate of drug-likeness (QED) is 0.809. The zero-order chi connectivity index (χ0) is 13.1. The van der Waals surface area contributed by atoms with E-state index in [4.69, 9.17) is 0 Å². The Labute approximate surface area is 104 Å². The third-order valence-electron chi connectivity index (χ3n) is 2.70. The van der Waals surface area contributed by atoms with Crippen LogP contribution in [0.4, 0.5) is 0 Å². The van der Waals surface area contributed by atoms with Crippen molar-refractivity contribution in [2.24, 2.45) is 0 Å². The number of hydrogen-bond acceptors (Lipinski definition) is 2. The maximum absolute atomic E-state index is 12.1. The van der Waals surface area contributed by atoms with E-state index in [0.29, 0.717) is 6.42 Å². The Balaban J connectivity index is 2.61. The molecular formula is C15H23NO. The largest absolute Gasteiger partial charge is 0.312 e. The summed E-state index contributed by atoms with van der Waals surface area (Å²) in [6, 6.07) is 6.04. The summed E-state index contributed by atoms with van der Waals surface area (Å²) >= 11 is 0. The molecule has 0 radical (unpaired) electrons. The molecule has 0 saturated carbocycles. The van der Waals surface area contributed by atoms with Gasteiger partial charge < -0.3 is 5.32 Å². The van der Waals surface area contributed by atoms with Crippen LogP contribution in [-0.2, 0) is 0 Å². The Hall–Kier alpha value is -1.15. The summed E-state index contributed by atoms with van der Waals surface area (Å²) in [6.07, 6.45) is 0.557. The predicted octanol–water partition coefficient (Wildman–Crippen LogP) is 3.26. The van der Waals surface area contributed by atoms with Gasteiger partial charge in [0.1, 0.15) is 0 Å². The molecule has 0 bridgehead atoms. The van der Waals surface area contributed by atoms with Gasteiger partial charge in [0.25, 0.3) is 0 Å². The molecule has 0 atom stereocenters. The number of carbonyl (C=O) groups excluding carboxylic acids is 1. The number of ketones is 1. The first-order valence-corrected chi connectivity index (χ1v) is 6.15. The number of hydrogen-bond donors (Lipinski definition) is 1. The average Bonchev–Trinajstić information content (AvgIpc) is 2.19. The molecule has 0 spiro atoms. The molecule has 1 rings (SSSR count). The molecule has 0 unspecified atom stereocenters. The van der Waals surface area contributed by atoms with Gasteiger partial charge in [-0.05, 0) is 46.2 Å². The molecule has 1 aromatic carbocycles. The summed E-state index contributed by atoms with van der Waals surface area (Å²) < 4.78 is 0. The molecular weight excluding hydrogens is 210 g/mol. The average molecular weight is 233 g/mol. The van der Waals surface area contributed by atoms with Crippen molar-refractivity contribution >= 4 is 5.78 Å². The first-order chi connectivity index (χ1) is 7.79. The van der Waals surface area contributed by atoms with Crippen LogP contribution in [0.1, 0.15) is 48.7 Å². The lowest BCUT2D eigenvalue weighted by Gasteiger charge is -2.20. The Bertz CT molecular complexity index is 402. The van der Waals surface area contributed by atoms with Crippen molar-refractivity contribution in [1.82, 2.24) is 5.32 Å². The second-order valence-electron chi connectivity index (χ2n) is 5.67. The van der Waals surface area contributed by atoms with Crippen LogP contribution in [-0.4, -0.2) is 17.9 Å². The van der Waals surface area contributed by atoms with Crippen LogP contribution < -0.4 is 5.32 Å². The lowest BCUT2D eigenvalue weighted by atomic mass is 10.00. The van der Waals surface area contributed by atoms with E-state index in [1.54, 1.807) is 0 Å². The van der Waals surface area contributed by atoms with Crippen LogP contribution in [0.2, 0.25) is 0 Å². The zero-order valence-electron chi connectivity index (χ0n) is 11.6. The third-order valence-corrected chi connectivity index (χ3v) is 2.70. The van der Waals surface area contributed by atoms with Crippen molar-refractivity contribution in [3.63, 3.8) is 0 Å². The van der Waals surface area contributed by atoms with Gasteiger partial charge in [-0.2, -0.15) is 0 Å². The molecule has 2 nitrogen and oxygen atoms in total. The van der Waals surface area contributed by atoms with Gasteiger partial charge in [0, 0.05) is 24.1 Å². The van der Waals surface area contributed by atoms with Gasteiger partial charge in [-0.1, -0.05) is 17.7 Å². The van der Waals surface area contributed by atoms with Crippen LogP contribution in [0.25, 0.3) is 0 Å². The summed E-state index contributed by atoms with van der Waals surface area (Å²) in [5.41, 5.74) is 3.14. The van der Waals surface area contributed by atoms with Crippen LogP contribution in [0.3, 0.4) is 0 Å². The summed E-state index contributed by atoms with van der Waals surface area (Å²) in [6.45, 7) is 11.1. The number of aryl methyl sites for hydroxylation is 2. The Morgan fingerprint density at radius 3 is 2.47 bits per heavy atom. The van der Waals surface area contributed by atoms with E-state index in [1.165, 1.54) is 0 Å². The number of nitrogens with one attached hydrogen (secondary N) is 1. The van der Waals surface area contributed by atoms with Crippen LogP contribution in [0, 0.1) is 13.8 Å². The molecule has 0 aliphatic heterocycles. The fourth-order valence-electron chi connectivity index (χ4n) is 1.72. The maximum atomic E-state index is 12.1. The van der Waals surface area contributed by atoms with Gasteiger partial charge in [-0.15, -0.1) is 0 Å². The Morgan fingerprint density at radius 1 is 1.24 bits per heavy atom. The second kappa shape index (κ2) is 5.46. The molecule has 2 heteroatoms. The number of rotatable bonds is 4. The highest BCUT2D eigenvalue weighted by Crippen LogP contribution is 2.13. The molecule has 0 fully saturated rings. The van der Waals surface area contributed by atoms with E-state index in [2.05, 4.69) is 26.1 Å². The van der Waals surface area contributed by atoms with Crippen molar-refractivity contribution in [2.75, 3.05) is 6.54 Å². The molecule has 0 heterocycles. The van der Waals surface area contributed by atoms with E-state index in [9.17, 15) is 4.79 Å². The zero-order valence-corrected chi connectivity index (χ0v) is 11.6. The second-order valence-corrected chi connectivity index (χ2v) is 5.67. The molecule has 1 N–H and O–H groups in total. The highest BCUT2D eigenvalue weighted by atomic mass is 16.1. The Kier molecular flexibility index (Phi) is 4.47. The van der Waals surface area contributed by atoms with E-state index in [1.807, 2.05) is 32.0 Å². The van der Waals surface area contributed by atoms with Crippen molar-refractivity contribution in [3.05, 3.63) is 34.9 Å². The van der Waals surface area contributed by atoms with E-state index >= 15 is 0 Å². The van der Waals surface area contributed by atoms with E-state index < -0.39 is 0 Å². The van der Waals surface area contributed by atoms with Crippen molar-refractivity contribution in [1.29, 1.82) is 0 Å². The number of benzene rings is 1. The van der Waals surface area contributed by atoms with E-state index in [0.717, 1.165) is 23.2 Å². The first kappa shape index (κ1) is 13.9. The molecule has 17 heavy (non-hydrogen) atoms. The minimum absolute atomic E-state index is 0.0714. The van der Waals surface area contributed by atoms with Crippen LogP contribution >= 0.6 is 0 Å². The van der Waals surface area contributed by atoms with Gasteiger partial charge in [0.15, 0.2) is 5.78 Å². The van der Waals surface area contributed by atoms with Crippen molar-refractivity contribution in [3.8, 4) is 0 Å². The topological polar surface area (TPSA) is 29.1 Å². The summed E-state index contributed by atoms with van der Waals surface area (Å²) in [4.78, 5) is 12.1. The highest BCUT2D eigenvalue weighted by Gasteiger charge is 2.12. The molecule has 0 amide bonds. The van der Waals surface area contributed by atoms with Crippen LogP contribution in [0.15, 0.2) is 18.2 Å². The molecule has 94 valence electrons. The minimum Gasteiger partial charge on any atom is -0.312 e. The van der Waals surface area contributed by atoms with Crippen LogP contribution in [0.5, 0.6) is 0 Å². The lowest BCUT2D eigenvalue weighted by molar-refractivity contribution is 0.0980. The lowest BCUT2D eigenvalue weighted by Crippen LogP contribution is -2.37. The molecule has 0 aromatic heterocycles. The molecule has 0 aliphatic rings. The standard InChI is InChI=1S/C15H23NO/c1-11-6-7-12(2)13(10-11)14(17)8-9-16-15(3,4)5/h6-7,10,16H,8-9H2,1-5H3. The predicted molar refractivity (Wildman–Crippen MR) is 72.6 cm³/mol.